The second kappa shape index (κ2) is 7.30. The minimum absolute atomic E-state index is 0.113. The number of carbonyl (C=O) groups is 1. The van der Waals surface area contributed by atoms with Gasteiger partial charge >= 0.3 is 0 Å². The quantitative estimate of drug-likeness (QED) is 0.876. The Kier molecular flexibility index (Phi) is 5.29. The van der Waals surface area contributed by atoms with Crippen LogP contribution in [0.15, 0.2) is 11.0 Å². The Bertz CT molecular complexity index is 700. The molecule has 0 aromatic carbocycles. The summed E-state index contributed by atoms with van der Waals surface area (Å²) in [6, 6.07) is 0. The Hall–Kier alpha value is -1.66. The summed E-state index contributed by atoms with van der Waals surface area (Å²) in [7, 11) is 1.67. The molecular weight excluding hydrogens is 318 g/mol. The van der Waals surface area contributed by atoms with E-state index in [9.17, 15) is 9.59 Å². The first-order valence-electron chi connectivity index (χ1n) is 9.15. The molecule has 2 fully saturated rings. The summed E-state index contributed by atoms with van der Waals surface area (Å²) in [5, 5.41) is 0. The molecule has 6 nitrogen and oxygen atoms in total. The number of piperidine rings is 1. The highest BCUT2D eigenvalue weighted by Gasteiger charge is 2.48. The molecule has 0 radical (unpaired) electrons. The van der Waals surface area contributed by atoms with Crippen molar-refractivity contribution >= 4 is 5.91 Å². The molecule has 0 saturated carbocycles. The zero-order valence-corrected chi connectivity index (χ0v) is 15.6. The lowest BCUT2D eigenvalue weighted by atomic mass is 9.78. The van der Waals surface area contributed by atoms with Crippen LogP contribution >= 0.6 is 0 Å². The van der Waals surface area contributed by atoms with Gasteiger partial charge in [-0.05, 0) is 39.7 Å². The van der Waals surface area contributed by atoms with Crippen molar-refractivity contribution in [3.05, 3.63) is 33.2 Å². The third kappa shape index (κ3) is 3.51. The van der Waals surface area contributed by atoms with Crippen molar-refractivity contribution in [2.24, 2.45) is 5.41 Å². The Morgan fingerprint density at radius 1 is 1.24 bits per heavy atom. The van der Waals surface area contributed by atoms with Gasteiger partial charge in [-0.15, -0.1) is 0 Å². The number of ether oxygens (including phenoxy) is 1. The van der Waals surface area contributed by atoms with E-state index in [4.69, 9.17) is 4.74 Å². The van der Waals surface area contributed by atoms with Gasteiger partial charge in [-0.1, -0.05) is 0 Å². The second-order valence-electron chi connectivity index (χ2n) is 7.53. The maximum absolute atomic E-state index is 13.0. The zero-order chi connectivity index (χ0) is 18.0. The summed E-state index contributed by atoms with van der Waals surface area (Å²) < 4.78 is 5.14. The third-order valence-electron chi connectivity index (χ3n) is 5.82. The number of nitrogens with zero attached hydrogens (tertiary/aromatic N) is 2. The van der Waals surface area contributed by atoms with Crippen LogP contribution in [0, 0.1) is 19.3 Å². The van der Waals surface area contributed by atoms with E-state index in [0.717, 1.165) is 55.7 Å². The average Bonchev–Trinajstić information content (AvgIpc) is 3.01. The molecule has 1 spiro atoms. The number of aromatic amines is 1. The van der Waals surface area contributed by atoms with Gasteiger partial charge in [-0.2, -0.15) is 0 Å². The Morgan fingerprint density at radius 2 is 2.04 bits per heavy atom. The maximum atomic E-state index is 13.0. The number of methoxy groups -OCH3 is 1. The number of H-pyrrole nitrogens is 1. The predicted molar refractivity (Wildman–Crippen MR) is 96.6 cm³/mol. The smallest absolute Gasteiger partial charge is 0.230 e. The average molecular weight is 347 g/mol. The molecule has 3 rings (SSSR count). The van der Waals surface area contributed by atoms with Crippen LogP contribution in [0.5, 0.6) is 0 Å². The number of aromatic nitrogens is 1. The van der Waals surface area contributed by atoms with Crippen LogP contribution in [0.25, 0.3) is 0 Å². The molecule has 1 atom stereocenters. The third-order valence-corrected chi connectivity index (χ3v) is 5.82. The lowest BCUT2D eigenvalue weighted by Gasteiger charge is -2.39. The van der Waals surface area contributed by atoms with Crippen molar-refractivity contribution in [3.63, 3.8) is 0 Å². The van der Waals surface area contributed by atoms with Crippen LogP contribution in [0.4, 0.5) is 0 Å². The molecule has 1 N–H and O–H groups in total. The van der Waals surface area contributed by atoms with Crippen LogP contribution in [0.2, 0.25) is 0 Å². The van der Waals surface area contributed by atoms with E-state index in [1.165, 1.54) is 0 Å². The van der Waals surface area contributed by atoms with Crippen molar-refractivity contribution in [1.82, 2.24) is 14.8 Å². The normalized spacial score (nSPS) is 24.4. The van der Waals surface area contributed by atoms with Gasteiger partial charge in [0.05, 0.1) is 12.0 Å². The summed E-state index contributed by atoms with van der Waals surface area (Å²) in [5.74, 6) is 0.285. The molecule has 1 aromatic rings. The van der Waals surface area contributed by atoms with Crippen LogP contribution in [0.3, 0.4) is 0 Å². The molecule has 6 heteroatoms. The van der Waals surface area contributed by atoms with Gasteiger partial charge in [-0.3, -0.25) is 14.5 Å². The van der Waals surface area contributed by atoms with Gasteiger partial charge in [0.25, 0.3) is 0 Å². The van der Waals surface area contributed by atoms with Crippen LogP contribution < -0.4 is 5.43 Å². The van der Waals surface area contributed by atoms with Crippen molar-refractivity contribution in [1.29, 1.82) is 0 Å². The number of carbonyl (C=O) groups excluding carboxylic acids is 1. The van der Waals surface area contributed by atoms with E-state index in [0.29, 0.717) is 19.7 Å². The Morgan fingerprint density at radius 3 is 2.80 bits per heavy atom. The molecule has 138 valence electrons. The number of amides is 1. The van der Waals surface area contributed by atoms with E-state index < -0.39 is 0 Å². The minimum atomic E-state index is -0.245. The fourth-order valence-electron chi connectivity index (χ4n) is 4.23. The highest BCUT2D eigenvalue weighted by Crippen LogP contribution is 2.40. The highest BCUT2D eigenvalue weighted by molar-refractivity contribution is 5.84. The monoisotopic (exact) mass is 347 g/mol. The molecule has 1 aromatic heterocycles. The van der Waals surface area contributed by atoms with Crippen molar-refractivity contribution < 1.29 is 9.53 Å². The number of rotatable bonds is 5. The van der Waals surface area contributed by atoms with Crippen LogP contribution in [0.1, 0.15) is 36.1 Å². The van der Waals surface area contributed by atoms with E-state index in [2.05, 4.69) is 9.88 Å². The van der Waals surface area contributed by atoms with Crippen LogP contribution in [-0.2, 0) is 16.1 Å². The Balaban J connectivity index is 1.69. The van der Waals surface area contributed by atoms with Gasteiger partial charge in [0.1, 0.15) is 0 Å². The summed E-state index contributed by atoms with van der Waals surface area (Å²) in [4.78, 5) is 32.7. The van der Waals surface area contributed by atoms with Gasteiger partial charge < -0.3 is 14.6 Å². The van der Waals surface area contributed by atoms with Crippen molar-refractivity contribution in [3.8, 4) is 0 Å². The fourth-order valence-corrected chi connectivity index (χ4v) is 4.23. The number of pyridine rings is 1. The first-order chi connectivity index (χ1) is 12.0. The largest absolute Gasteiger partial charge is 0.383 e. The van der Waals surface area contributed by atoms with Crippen molar-refractivity contribution in [2.45, 2.75) is 39.7 Å². The number of likely N-dealkylation sites (tertiary alicyclic amines) is 2. The van der Waals surface area contributed by atoms with Gasteiger partial charge in [-0.25, -0.2) is 0 Å². The zero-order valence-electron chi connectivity index (χ0n) is 15.6. The number of nitrogens with one attached hydrogen (secondary N) is 1. The van der Waals surface area contributed by atoms with E-state index in [1.54, 1.807) is 13.3 Å². The first kappa shape index (κ1) is 18.1. The van der Waals surface area contributed by atoms with Gasteiger partial charge in [0.2, 0.25) is 5.91 Å². The van der Waals surface area contributed by atoms with Gasteiger partial charge in [0, 0.05) is 56.3 Å². The standard InChI is InChI=1S/C19H29N3O3/c1-14-11-20-16(15(2)17(14)23)12-21-8-6-19(13-21)5-4-7-22(18(19)24)9-10-25-3/h11H,4-10,12-13H2,1-3H3,(H,20,23). The molecule has 2 aliphatic heterocycles. The molecule has 2 saturated heterocycles. The molecule has 0 aliphatic carbocycles. The summed E-state index contributed by atoms with van der Waals surface area (Å²) in [6.45, 7) is 8.21. The minimum Gasteiger partial charge on any atom is -0.383 e. The second-order valence-corrected chi connectivity index (χ2v) is 7.53. The lowest BCUT2D eigenvalue weighted by Crippen LogP contribution is -2.50. The number of hydrogen-bond donors (Lipinski definition) is 1. The molecule has 25 heavy (non-hydrogen) atoms. The maximum Gasteiger partial charge on any atom is 0.230 e. The highest BCUT2D eigenvalue weighted by atomic mass is 16.5. The van der Waals surface area contributed by atoms with E-state index in [1.807, 2.05) is 18.7 Å². The fraction of sp³-hybridized carbons (Fsp3) is 0.684. The van der Waals surface area contributed by atoms with Crippen molar-refractivity contribution in [2.75, 3.05) is 39.9 Å². The molecule has 0 bridgehead atoms. The molecule has 2 aliphatic rings. The topological polar surface area (TPSA) is 65.6 Å². The van der Waals surface area contributed by atoms with Crippen LogP contribution in [-0.4, -0.2) is 60.6 Å². The number of aryl methyl sites for hydroxylation is 1. The summed E-state index contributed by atoms with van der Waals surface area (Å²) >= 11 is 0. The first-order valence-corrected chi connectivity index (χ1v) is 9.15. The molecule has 3 heterocycles. The summed E-state index contributed by atoms with van der Waals surface area (Å²) in [5.41, 5.74) is 2.37. The van der Waals surface area contributed by atoms with E-state index in [-0.39, 0.29) is 16.8 Å². The SMILES string of the molecule is COCCN1CCCC2(CCN(Cc3[nH]cc(C)c(=O)c3C)C2)C1=O. The number of hydrogen-bond acceptors (Lipinski definition) is 4. The molecule has 1 amide bonds. The van der Waals surface area contributed by atoms with Gasteiger partial charge in [0.15, 0.2) is 5.43 Å². The molecular formula is C19H29N3O3. The predicted octanol–water partition coefficient (Wildman–Crippen LogP) is 1.45. The van der Waals surface area contributed by atoms with E-state index >= 15 is 0 Å². The Labute approximate surface area is 149 Å². The summed E-state index contributed by atoms with van der Waals surface area (Å²) in [6.07, 6.45) is 4.72. The molecule has 1 unspecified atom stereocenters. The lowest BCUT2D eigenvalue weighted by molar-refractivity contribution is -0.146.